The Bertz CT molecular complexity index is 984. The molecule has 1 nitrogen and oxygen atoms in total. The van der Waals surface area contributed by atoms with E-state index >= 15 is 0 Å². The Labute approximate surface area is 160 Å². The third kappa shape index (κ3) is 3.30. The first-order valence-electron chi connectivity index (χ1n) is 8.88. The van der Waals surface area contributed by atoms with Crippen LogP contribution < -0.4 is 4.74 Å². The number of fused-ring (bicyclic) bond motifs is 1. The van der Waals surface area contributed by atoms with Crippen molar-refractivity contribution in [3.8, 4) is 16.9 Å². The van der Waals surface area contributed by atoms with Crippen LogP contribution >= 0.6 is 12.6 Å². The minimum Gasteiger partial charge on any atom is -0.496 e. The molecule has 0 amide bonds. The van der Waals surface area contributed by atoms with Gasteiger partial charge in [-0.3, -0.25) is 0 Å². The van der Waals surface area contributed by atoms with Gasteiger partial charge < -0.3 is 4.74 Å². The molecule has 3 aromatic rings. The van der Waals surface area contributed by atoms with Crippen LogP contribution in [0.15, 0.2) is 71.1 Å². The highest BCUT2D eigenvalue weighted by molar-refractivity contribution is 7.80. The molecule has 0 saturated heterocycles. The number of rotatable bonds is 4. The SMILES string of the molecule is COc1ccc(Cc2ccc(-c3cccc4c3C=C(C)C4)cc2)cc1S. The molecule has 0 fully saturated rings. The predicted octanol–water partition coefficient (Wildman–Crippen LogP) is 6.20. The molecule has 0 N–H and O–H groups in total. The van der Waals surface area contributed by atoms with Crippen LogP contribution in [0.3, 0.4) is 0 Å². The van der Waals surface area contributed by atoms with E-state index in [0.717, 1.165) is 23.5 Å². The molecule has 0 saturated carbocycles. The summed E-state index contributed by atoms with van der Waals surface area (Å²) in [6, 6.07) is 21.7. The van der Waals surface area contributed by atoms with Crippen molar-refractivity contribution in [2.45, 2.75) is 24.7 Å². The van der Waals surface area contributed by atoms with Crippen molar-refractivity contribution < 1.29 is 4.74 Å². The maximum absolute atomic E-state index is 5.28. The van der Waals surface area contributed by atoms with Gasteiger partial charge in [0.15, 0.2) is 0 Å². The summed E-state index contributed by atoms with van der Waals surface area (Å²) < 4.78 is 5.28. The first-order valence-corrected chi connectivity index (χ1v) is 9.33. The standard InChI is InChI=1S/C24H22OS/c1-16-12-20-4-3-5-21(22(20)13-16)19-9-6-17(7-10-19)14-18-8-11-23(25-2)24(26)15-18/h3-11,13,15,26H,12,14H2,1-2H3. The van der Waals surface area contributed by atoms with Crippen molar-refractivity contribution in [2.24, 2.45) is 0 Å². The Morgan fingerprint density at radius 2 is 1.73 bits per heavy atom. The van der Waals surface area contributed by atoms with Crippen molar-refractivity contribution in [3.63, 3.8) is 0 Å². The minimum atomic E-state index is 0.814. The van der Waals surface area contributed by atoms with E-state index in [1.807, 2.05) is 6.07 Å². The van der Waals surface area contributed by atoms with E-state index < -0.39 is 0 Å². The molecule has 3 aromatic carbocycles. The van der Waals surface area contributed by atoms with E-state index in [4.69, 9.17) is 4.74 Å². The fourth-order valence-electron chi connectivity index (χ4n) is 3.67. The lowest BCUT2D eigenvalue weighted by atomic mass is 9.95. The van der Waals surface area contributed by atoms with Crippen LogP contribution in [0, 0.1) is 0 Å². The molecule has 26 heavy (non-hydrogen) atoms. The Morgan fingerprint density at radius 3 is 2.46 bits per heavy atom. The van der Waals surface area contributed by atoms with Gasteiger partial charge in [-0.1, -0.05) is 60.2 Å². The second-order valence-corrected chi connectivity index (χ2v) is 7.41. The Balaban J connectivity index is 1.59. The fourth-order valence-corrected chi connectivity index (χ4v) is 4.00. The quantitative estimate of drug-likeness (QED) is 0.546. The molecule has 1 aliphatic rings. The van der Waals surface area contributed by atoms with Crippen molar-refractivity contribution in [2.75, 3.05) is 7.11 Å². The van der Waals surface area contributed by atoms with E-state index in [0.29, 0.717) is 0 Å². The van der Waals surface area contributed by atoms with Crippen molar-refractivity contribution in [1.29, 1.82) is 0 Å². The summed E-state index contributed by atoms with van der Waals surface area (Å²) >= 11 is 4.49. The van der Waals surface area contributed by atoms with Crippen LogP contribution in [0.1, 0.15) is 29.2 Å². The predicted molar refractivity (Wildman–Crippen MR) is 112 cm³/mol. The molecule has 130 valence electrons. The van der Waals surface area contributed by atoms with E-state index in [1.165, 1.54) is 39.0 Å². The third-order valence-electron chi connectivity index (χ3n) is 4.97. The molecular formula is C24H22OS. The Kier molecular flexibility index (Phi) is 4.60. The summed E-state index contributed by atoms with van der Waals surface area (Å²) in [6.07, 6.45) is 4.29. The lowest BCUT2D eigenvalue weighted by Gasteiger charge is -2.10. The van der Waals surface area contributed by atoms with E-state index in [-0.39, 0.29) is 0 Å². The molecule has 0 bridgehead atoms. The maximum atomic E-state index is 5.28. The molecule has 0 spiro atoms. The zero-order valence-corrected chi connectivity index (χ0v) is 16.0. The highest BCUT2D eigenvalue weighted by Crippen LogP contribution is 2.34. The molecular weight excluding hydrogens is 336 g/mol. The third-order valence-corrected chi connectivity index (χ3v) is 5.32. The second-order valence-electron chi connectivity index (χ2n) is 6.93. The largest absolute Gasteiger partial charge is 0.496 e. The van der Waals surface area contributed by atoms with Crippen LogP contribution in [-0.4, -0.2) is 7.11 Å². The molecule has 2 heteroatoms. The normalized spacial score (nSPS) is 12.7. The summed E-state index contributed by atoms with van der Waals surface area (Å²) in [7, 11) is 1.67. The molecule has 1 aliphatic carbocycles. The molecule has 0 atom stereocenters. The fraction of sp³-hybridized carbons (Fsp3) is 0.167. The topological polar surface area (TPSA) is 9.23 Å². The van der Waals surface area contributed by atoms with E-state index in [9.17, 15) is 0 Å². The maximum Gasteiger partial charge on any atom is 0.132 e. The van der Waals surface area contributed by atoms with E-state index in [1.54, 1.807) is 7.11 Å². The number of hydrogen-bond donors (Lipinski definition) is 1. The average molecular weight is 359 g/mol. The van der Waals surface area contributed by atoms with Gasteiger partial charge in [-0.15, -0.1) is 12.6 Å². The number of benzene rings is 3. The summed E-state index contributed by atoms with van der Waals surface area (Å²) in [6.45, 7) is 2.21. The first kappa shape index (κ1) is 17.0. The minimum absolute atomic E-state index is 0.814. The van der Waals surface area contributed by atoms with Crippen molar-refractivity contribution in [3.05, 3.63) is 88.5 Å². The highest BCUT2D eigenvalue weighted by Gasteiger charge is 2.14. The molecule has 0 heterocycles. The zero-order chi connectivity index (χ0) is 18.1. The van der Waals surface area contributed by atoms with Gasteiger partial charge in [0.05, 0.1) is 7.11 Å². The van der Waals surface area contributed by atoms with Gasteiger partial charge in [-0.25, -0.2) is 0 Å². The van der Waals surface area contributed by atoms with Crippen LogP contribution in [0.4, 0.5) is 0 Å². The smallest absolute Gasteiger partial charge is 0.132 e. The van der Waals surface area contributed by atoms with Crippen molar-refractivity contribution >= 4 is 18.7 Å². The summed E-state index contributed by atoms with van der Waals surface area (Å²) in [4.78, 5) is 0.878. The first-order chi connectivity index (χ1) is 12.6. The van der Waals surface area contributed by atoms with Crippen molar-refractivity contribution in [1.82, 2.24) is 0 Å². The van der Waals surface area contributed by atoms with Gasteiger partial charge in [0.2, 0.25) is 0 Å². The zero-order valence-electron chi connectivity index (χ0n) is 15.1. The molecule has 0 unspecified atom stereocenters. The summed E-state index contributed by atoms with van der Waals surface area (Å²) in [5.74, 6) is 0.814. The van der Waals surface area contributed by atoms with E-state index in [2.05, 4.69) is 80.2 Å². The number of methoxy groups -OCH3 is 1. The van der Waals surface area contributed by atoms with Gasteiger partial charge in [-0.2, -0.15) is 0 Å². The second kappa shape index (κ2) is 7.05. The van der Waals surface area contributed by atoms with Gasteiger partial charge >= 0.3 is 0 Å². The average Bonchev–Trinajstić information content (AvgIpc) is 3.03. The Morgan fingerprint density at radius 1 is 0.962 bits per heavy atom. The summed E-state index contributed by atoms with van der Waals surface area (Å²) in [5, 5.41) is 0. The van der Waals surface area contributed by atoms with Crippen LogP contribution in [0.2, 0.25) is 0 Å². The monoisotopic (exact) mass is 358 g/mol. The summed E-state index contributed by atoms with van der Waals surface area (Å²) in [5.41, 5.74) is 9.39. The number of thiol groups is 1. The number of ether oxygens (including phenoxy) is 1. The number of allylic oxidation sites excluding steroid dienone is 1. The van der Waals surface area contributed by atoms with Crippen LogP contribution in [0.5, 0.6) is 5.75 Å². The molecule has 0 aromatic heterocycles. The lowest BCUT2D eigenvalue weighted by Crippen LogP contribution is -1.92. The van der Waals surface area contributed by atoms with Crippen LogP contribution in [-0.2, 0) is 12.8 Å². The lowest BCUT2D eigenvalue weighted by molar-refractivity contribution is 0.405. The van der Waals surface area contributed by atoms with Gasteiger partial charge in [0, 0.05) is 4.90 Å². The number of hydrogen-bond acceptors (Lipinski definition) is 2. The Hall–Kier alpha value is -2.45. The molecule has 0 radical (unpaired) electrons. The van der Waals surface area contributed by atoms with Gasteiger partial charge in [0.25, 0.3) is 0 Å². The van der Waals surface area contributed by atoms with Gasteiger partial charge in [-0.05, 0) is 65.3 Å². The highest BCUT2D eigenvalue weighted by atomic mass is 32.1. The molecule has 4 rings (SSSR count). The van der Waals surface area contributed by atoms with Crippen LogP contribution in [0.25, 0.3) is 17.2 Å². The molecule has 0 aliphatic heterocycles. The van der Waals surface area contributed by atoms with Gasteiger partial charge in [0.1, 0.15) is 5.75 Å².